The van der Waals surface area contributed by atoms with Gasteiger partial charge in [-0.15, -0.1) is 11.3 Å². The normalized spacial score (nSPS) is 20.4. The Morgan fingerprint density at radius 2 is 2.35 bits per heavy atom. The van der Waals surface area contributed by atoms with Gasteiger partial charge >= 0.3 is 0 Å². The van der Waals surface area contributed by atoms with Crippen LogP contribution in [-0.4, -0.2) is 24.2 Å². The molecule has 4 heteroatoms. The largest absolute Gasteiger partial charge is 0.381 e. The maximum Gasteiger partial charge on any atom is 0.0935 e. The molecule has 0 saturated carbocycles. The predicted molar refractivity (Wildman–Crippen MR) is 71.5 cm³/mol. The fraction of sp³-hybridized carbons (Fsp3) is 0.769. The molecule has 0 radical (unpaired) electrons. The molecule has 96 valence electrons. The van der Waals surface area contributed by atoms with Crippen molar-refractivity contribution >= 4 is 11.3 Å². The Morgan fingerprint density at radius 1 is 1.53 bits per heavy atom. The number of ether oxygens (including phenoxy) is 1. The second-order valence-corrected chi connectivity index (χ2v) is 6.25. The highest BCUT2D eigenvalue weighted by atomic mass is 32.1. The van der Waals surface area contributed by atoms with Gasteiger partial charge in [-0.05, 0) is 19.3 Å². The van der Waals surface area contributed by atoms with Crippen molar-refractivity contribution in [2.75, 3.05) is 13.2 Å². The van der Waals surface area contributed by atoms with Crippen molar-refractivity contribution in [2.45, 2.75) is 46.2 Å². The van der Waals surface area contributed by atoms with Crippen LogP contribution in [0.1, 0.15) is 35.8 Å². The van der Waals surface area contributed by atoms with Crippen LogP contribution in [0.25, 0.3) is 0 Å². The van der Waals surface area contributed by atoms with Crippen molar-refractivity contribution in [1.29, 1.82) is 0 Å². The van der Waals surface area contributed by atoms with Gasteiger partial charge in [-0.3, -0.25) is 0 Å². The summed E-state index contributed by atoms with van der Waals surface area (Å²) in [6.07, 6.45) is 2.28. The van der Waals surface area contributed by atoms with Crippen LogP contribution in [0.2, 0.25) is 0 Å². The number of nitrogens with zero attached hydrogens (tertiary/aromatic N) is 1. The summed E-state index contributed by atoms with van der Waals surface area (Å²) >= 11 is 1.86. The molecule has 0 aromatic carbocycles. The molecule has 0 aliphatic carbocycles. The minimum atomic E-state index is 0.531. The van der Waals surface area contributed by atoms with E-state index in [1.165, 1.54) is 22.0 Å². The van der Waals surface area contributed by atoms with E-state index >= 15 is 0 Å². The first-order valence-corrected chi connectivity index (χ1v) is 7.23. The molecule has 1 aromatic heterocycles. The Bertz CT molecular complexity index is 356. The molecule has 1 N–H and O–H groups in total. The van der Waals surface area contributed by atoms with Crippen LogP contribution in [-0.2, 0) is 17.7 Å². The Morgan fingerprint density at radius 3 is 3.00 bits per heavy atom. The van der Waals surface area contributed by atoms with Crippen molar-refractivity contribution < 1.29 is 4.74 Å². The average Bonchev–Trinajstić information content (AvgIpc) is 2.86. The van der Waals surface area contributed by atoms with E-state index in [9.17, 15) is 0 Å². The molecule has 2 rings (SSSR count). The first-order valence-electron chi connectivity index (χ1n) is 6.41. The monoisotopic (exact) mass is 254 g/mol. The van der Waals surface area contributed by atoms with Crippen LogP contribution >= 0.6 is 11.3 Å². The second kappa shape index (κ2) is 5.94. The fourth-order valence-electron chi connectivity index (χ4n) is 2.03. The molecule has 1 saturated heterocycles. The number of aryl methyl sites for hydroxylation is 1. The van der Waals surface area contributed by atoms with Gasteiger partial charge in [0, 0.05) is 37.1 Å². The molecule has 3 nitrogen and oxygen atoms in total. The Labute approximate surface area is 108 Å². The number of rotatable bonds is 5. The van der Waals surface area contributed by atoms with Crippen molar-refractivity contribution in [3.05, 3.63) is 15.6 Å². The summed E-state index contributed by atoms with van der Waals surface area (Å²) < 4.78 is 5.41. The number of aromatic nitrogens is 1. The number of thiazole rings is 1. The van der Waals surface area contributed by atoms with Gasteiger partial charge in [0.2, 0.25) is 0 Å². The topological polar surface area (TPSA) is 34.1 Å². The van der Waals surface area contributed by atoms with Gasteiger partial charge in [-0.25, -0.2) is 4.98 Å². The first kappa shape index (κ1) is 13.0. The molecule has 0 bridgehead atoms. The Kier molecular flexibility index (Phi) is 4.54. The van der Waals surface area contributed by atoms with Crippen LogP contribution in [0.15, 0.2) is 0 Å². The average molecular weight is 254 g/mol. The minimum Gasteiger partial charge on any atom is -0.381 e. The lowest BCUT2D eigenvalue weighted by Gasteiger charge is -2.06. The van der Waals surface area contributed by atoms with Gasteiger partial charge in [0.25, 0.3) is 0 Å². The van der Waals surface area contributed by atoms with Crippen LogP contribution in [0.4, 0.5) is 0 Å². The summed E-state index contributed by atoms with van der Waals surface area (Å²) in [7, 11) is 0. The van der Waals surface area contributed by atoms with Gasteiger partial charge in [0.1, 0.15) is 0 Å². The van der Waals surface area contributed by atoms with Gasteiger partial charge in [0.15, 0.2) is 0 Å². The third-order valence-corrected chi connectivity index (χ3v) is 4.27. The van der Waals surface area contributed by atoms with E-state index in [1.54, 1.807) is 0 Å². The van der Waals surface area contributed by atoms with E-state index in [4.69, 9.17) is 4.74 Å². The van der Waals surface area contributed by atoms with Crippen LogP contribution in [0.5, 0.6) is 0 Å². The molecule has 1 atom stereocenters. The predicted octanol–water partition coefficient (Wildman–Crippen LogP) is 2.53. The fourth-order valence-corrected chi connectivity index (χ4v) is 3.16. The van der Waals surface area contributed by atoms with E-state index in [-0.39, 0.29) is 0 Å². The maximum absolute atomic E-state index is 5.41. The molecular formula is C13H22N2OS. The highest BCUT2D eigenvalue weighted by Gasteiger charge is 2.18. The minimum absolute atomic E-state index is 0.531. The van der Waals surface area contributed by atoms with Crippen LogP contribution in [0.3, 0.4) is 0 Å². The molecule has 17 heavy (non-hydrogen) atoms. The quantitative estimate of drug-likeness (QED) is 0.877. The molecule has 2 heterocycles. The van der Waals surface area contributed by atoms with E-state index in [1.807, 2.05) is 11.3 Å². The highest BCUT2D eigenvalue weighted by molar-refractivity contribution is 7.11. The summed E-state index contributed by atoms with van der Waals surface area (Å²) in [6, 6.07) is 0.531. The lowest BCUT2D eigenvalue weighted by molar-refractivity contribution is 0.186. The number of hydrogen-bond donors (Lipinski definition) is 1. The zero-order valence-corrected chi connectivity index (χ0v) is 11.8. The molecular weight excluding hydrogens is 232 g/mol. The van der Waals surface area contributed by atoms with Crippen molar-refractivity contribution in [3.8, 4) is 0 Å². The molecule has 1 fully saturated rings. The van der Waals surface area contributed by atoms with Crippen LogP contribution < -0.4 is 5.32 Å². The van der Waals surface area contributed by atoms with E-state index in [2.05, 4.69) is 31.1 Å². The van der Waals surface area contributed by atoms with Gasteiger partial charge in [0.05, 0.1) is 10.7 Å². The maximum atomic E-state index is 5.41. The van der Waals surface area contributed by atoms with Gasteiger partial charge in [-0.1, -0.05) is 13.8 Å². The smallest absolute Gasteiger partial charge is 0.0935 e. The lowest BCUT2D eigenvalue weighted by Crippen LogP contribution is -2.21. The van der Waals surface area contributed by atoms with Crippen molar-refractivity contribution in [3.63, 3.8) is 0 Å². The summed E-state index contributed by atoms with van der Waals surface area (Å²) in [6.45, 7) is 9.25. The Balaban J connectivity index is 1.92. The lowest BCUT2D eigenvalue weighted by atomic mass is 10.1. The summed E-state index contributed by atoms with van der Waals surface area (Å²) in [5.41, 5.74) is 1.19. The highest BCUT2D eigenvalue weighted by Crippen LogP contribution is 2.24. The molecule has 1 unspecified atom stereocenters. The molecule has 1 aliphatic rings. The number of nitrogens with one attached hydrogen (secondary N) is 1. The first-order chi connectivity index (χ1) is 8.15. The van der Waals surface area contributed by atoms with Crippen molar-refractivity contribution in [2.24, 2.45) is 5.92 Å². The third kappa shape index (κ3) is 3.76. The SMILES string of the molecule is Cc1nc(CC2CCOC2)sc1CNC(C)C. The van der Waals surface area contributed by atoms with E-state index in [0.717, 1.165) is 26.2 Å². The van der Waals surface area contributed by atoms with Gasteiger partial charge in [-0.2, -0.15) is 0 Å². The standard InChI is InChI=1S/C13H22N2OS/c1-9(2)14-7-12-10(3)15-13(17-12)6-11-4-5-16-8-11/h9,11,14H,4-8H2,1-3H3. The second-order valence-electron chi connectivity index (χ2n) is 5.09. The zero-order valence-electron chi connectivity index (χ0n) is 11.0. The van der Waals surface area contributed by atoms with Gasteiger partial charge < -0.3 is 10.1 Å². The summed E-state index contributed by atoms with van der Waals surface area (Å²) in [5, 5.41) is 4.73. The summed E-state index contributed by atoms with van der Waals surface area (Å²) in [4.78, 5) is 6.06. The zero-order chi connectivity index (χ0) is 12.3. The van der Waals surface area contributed by atoms with E-state index in [0.29, 0.717) is 12.0 Å². The molecule has 0 amide bonds. The van der Waals surface area contributed by atoms with E-state index < -0.39 is 0 Å². The summed E-state index contributed by atoms with van der Waals surface area (Å²) in [5.74, 6) is 0.687. The molecule has 1 aromatic rings. The van der Waals surface area contributed by atoms with Crippen molar-refractivity contribution in [1.82, 2.24) is 10.3 Å². The van der Waals surface area contributed by atoms with Crippen LogP contribution in [0, 0.1) is 12.8 Å². The number of hydrogen-bond acceptors (Lipinski definition) is 4. The third-order valence-electron chi connectivity index (χ3n) is 3.10. The Hall–Kier alpha value is -0.450. The molecule has 1 aliphatic heterocycles. The molecule has 0 spiro atoms.